The van der Waals surface area contributed by atoms with Crippen LogP contribution in [-0.2, 0) is 33.0 Å². The minimum Gasteiger partial charge on any atom is -0.395 e. The molecule has 7 rings (SSSR count). The first-order chi connectivity index (χ1) is 24.4. The molecule has 2 amide bonds. The van der Waals surface area contributed by atoms with Gasteiger partial charge in [-0.25, -0.2) is 4.68 Å². The summed E-state index contributed by atoms with van der Waals surface area (Å²) < 4.78 is 24.7. The number of rotatable bonds is 10. The number of fused-ring (bicyclic) bond motifs is 3. The van der Waals surface area contributed by atoms with E-state index in [1.807, 2.05) is 79.7 Å². The molecule has 2 aliphatic rings. The lowest BCUT2D eigenvalue weighted by Gasteiger charge is -2.31. The Morgan fingerprint density at radius 1 is 1.00 bits per heavy atom. The smallest absolute Gasteiger partial charge is 0.279 e. The average molecular weight is 727 g/mol. The van der Waals surface area contributed by atoms with Crippen LogP contribution in [0.3, 0.4) is 0 Å². The molecule has 3 heterocycles. The predicted octanol–water partition coefficient (Wildman–Crippen LogP) is 6.71. The second kappa shape index (κ2) is 13.5. The first-order valence-corrected chi connectivity index (χ1v) is 20.5. The van der Waals surface area contributed by atoms with E-state index in [1.54, 1.807) is 47.2 Å². The van der Waals surface area contributed by atoms with Gasteiger partial charge in [-0.05, 0) is 66.7 Å². The van der Waals surface area contributed by atoms with Crippen molar-refractivity contribution in [1.29, 1.82) is 0 Å². The summed E-state index contributed by atoms with van der Waals surface area (Å²) in [5.41, 5.74) is 1.88. The number of aromatic nitrogens is 2. The van der Waals surface area contributed by atoms with Crippen LogP contribution in [0.15, 0.2) is 102 Å². The summed E-state index contributed by atoms with van der Waals surface area (Å²) in [6, 6.07) is 29.4. The number of halogens is 2. The number of benzene rings is 4. The summed E-state index contributed by atoms with van der Waals surface area (Å²) in [5.74, 6) is -1.22. The Morgan fingerprint density at radius 3 is 2.39 bits per heavy atom. The second-order valence-corrected chi connectivity index (χ2v) is 18.2. The van der Waals surface area contributed by atoms with Crippen LogP contribution >= 0.6 is 11.6 Å². The Labute approximate surface area is 301 Å². The zero-order valence-corrected chi connectivity index (χ0v) is 30.4. The van der Waals surface area contributed by atoms with E-state index in [9.17, 15) is 19.5 Å². The zero-order chi connectivity index (χ0) is 36.1. The monoisotopic (exact) mass is 726 g/mol. The normalized spacial score (nSPS) is 21.5. The third kappa shape index (κ3) is 6.22. The summed E-state index contributed by atoms with van der Waals surface area (Å²) in [7, 11) is -3.53. The number of aliphatic hydroxyl groups is 1. The molecule has 4 atom stereocenters. The van der Waals surface area contributed by atoms with E-state index in [4.69, 9.17) is 16.3 Å². The number of nitrogens with one attached hydrogen (secondary N) is 1. The number of nitrogens with zero attached hydrogens (tertiary/aromatic N) is 3. The molecule has 0 saturated carbocycles. The number of carbonyl (C=O) groups is 2. The molecule has 0 aliphatic carbocycles. The van der Waals surface area contributed by atoms with E-state index in [2.05, 4.69) is 5.10 Å². The largest absolute Gasteiger partial charge is 0.395 e. The maximum absolute atomic E-state index is 16.4. The topological polar surface area (TPSA) is 108 Å². The molecule has 5 aromatic rings. The lowest BCUT2D eigenvalue weighted by atomic mass is 9.82. The summed E-state index contributed by atoms with van der Waals surface area (Å²) >= 11 is 6.54. The fraction of sp³-hybridized carbons (Fsp3) is 0.308. The Morgan fingerprint density at radius 2 is 1.71 bits per heavy atom. The van der Waals surface area contributed by atoms with Crippen LogP contribution in [0, 0.1) is 5.92 Å². The van der Waals surface area contributed by atoms with Gasteiger partial charge in [0.15, 0.2) is 5.60 Å². The van der Waals surface area contributed by atoms with Crippen molar-refractivity contribution in [3.63, 3.8) is 0 Å². The maximum atomic E-state index is 16.4. The highest BCUT2D eigenvalue weighted by Crippen LogP contribution is 2.60. The number of para-hydroxylation sites is 1. The van der Waals surface area contributed by atoms with Crippen molar-refractivity contribution in [3.05, 3.63) is 129 Å². The molecule has 1 spiro atoms. The lowest BCUT2D eigenvalue weighted by Crippen LogP contribution is -2.45. The van der Waals surface area contributed by atoms with Crippen LogP contribution in [0.4, 0.5) is 9.80 Å². The van der Waals surface area contributed by atoms with E-state index in [-0.39, 0.29) is 50.0 Å². The van der Waals surface area contributed by atoms with E-state index in [0.29, 0.717) is 27.3 Å². The number of hydrogen-bond donors (Lipinski definition) is 2. The van der Waals surface area contributed by atoms with Crippen molar-refractivity contribution in [2.24, 2.45) is 5.92 Å². The maximum Gasteiger partial charge on any atom is 0.279 e. The fourth-order valence-corrected chi connectivity index (χ4v) is 10.7. The molecule has 9 nitrogen and oxygen atoms in total. The van der Waals surface area contributed by atoms with E-state index >= 15 is 4.11 Å². The quantitative estimate of drug-likeness (QED) is 0.123. The first kappa shape index (κ1) is 34.9. The standard InChI is InChI=1S/C39H40ClFN4O5Si/c1-25-36(51(2,3)41)34(22-35(47)43(19-20-46)23-26-9-5-4-6-10-26)50-39(25)31-21-28(40)15-18-33(31)44(38(39)49)24-27-13-16-29(17-14-27)45-37(48)30-11-7-8-12-32(30)42-45/h4-18,21,25,34,36,42,46H,19-20,22-24H2,1-3H3/t25-,34+,36-,39+/m1/s1. The van der Waals surface area contributed by atoms with Gasteiger partial charge in [-0.3, -0.25) is 19.5 Å². The summed E-state index contributed by atoms with van der Waals surface area (Å²) in [5, 5.41) is 13.9. The number of carbonyl (C=O) groups excluding carboxylic acids is 2. The molecule has 1 saturated heterocycles. The van der Waals surface area contributed by atoms with E-state index < -0.39 is 31.6 Å². The molecule has 0 bridgehead atoms. The molecule has 4 aromatic carbocycles. The van der Waals surface area contributed by atoms with Crippen LogP contribution in [-0.4, -0.2) is 59.3 Å². The number of ether oxygens (including phenoxy) is 1. The van der Waals surface area contributed by atoms with Gasteiger partial charge < -0.3 is 23.8 Å². The Hall–Kier alpha value is -4.55. The van der Waals surface area contributed by atoms with Gasteiger partial charge in [0.05, 0.1) is 48.0 Å². The third-order valence-electron chi connectivity index (χ3n) is 10.4. The Kier molecular flexibility index (Phi) is 9.26. The van der Waals surface area contributed by atoms with Crippen molar-refractivity contribution in [3.8, 4) is 5.69 Å². The number of H-pyrrole nitrogens is 1. The SMILES string of the molecule is C[C@@H]1[C@@H]([Si](C)(C)F)[C@H](CC(=O)N(CCO)Cc2ccccc2)O[C@@]12C(=O)N(Cc1ccc(-n3[nH]c4ccccc4c3=O)cc1)c1ccc(Cl)cc12. The molecular formula is C39H40ClFN4O5Si. The van der Waals surface area contributed by atoms with Crippen molar-refractivity contribution >= 4 is 48.4 Å². The van der Waals surface area contributed by atoms with Gasteiger partial charge >= 0.3 is 0 Å². The van der Waals surface area contributed by atoms with Crippen LogP contribution in [0.5, 0.6) is 0 Å². The molecule has 2 aliphatic heterocycles. The molecule has 2 N–H and O–H groups in total. The van der Waals surface area contributed by atoms with Gasteiger partial charge in [0.2, 0.25) is 14.3 Å². The van der Waals surface area contributed by atoms with Gasteiger partial charge in [-0.1, -0.05) is 73.1 Å². The summed E-state index contributed by atoms with van der Waals surface area (Å²) in [4.78, 5) is 44.9. The lowest BCUT2D eigenvalue weighted by molar-refractivity contribution is -0.150. The fourth-order valence-electron chi connectivity index (χ4n) is 8.07. The number of anilines is 1. The number of aromatic amines is 1. The van der Waals surface area contributed by atoms with E-state index in [1.165, 1.54) is 4.68 Å². The predicted molar refractivity (Wildman–Crippen MR) is 198 cm³/mol. The van der Waals surface area contributed by atoms with Crippen molar-refractivity contribution in [2.75, 3.05) is 18.1 Å². The highest BCUT2D eigenvalue weighted by molar-refractivity contribution is 6.72. The number of aliphatic hydroxyl groups excluding tert-OH is 1. The third-order valence-corrected chi connectivity index (χ3v) is 13.1. The second-order valence-electron chi connectivity index (χ2n) is 14.0. The van der Waals surface area contributed by atoms with Gasteiger partial charge in [0, 0.05) is 35.1 Å². The summed E-state index contributed by atoms with van der Waals surface area (Å²) in [6.45, 7) is 5.40. The molecular weight excluding hydrogens is 687 g/mol. The molecule has 0 radical (unpaired) electrons. The Bertz CT molecular complexity index is 2150. The van der Waals surface area contributed by atoms with Crippen molar-refractivity contribution in [1.82, 2.24) is 14.7 Å². The highest BCUT2D eigenvalue weighted by Gasteiger charge is 2.67. The number of hydrogen-bond acceptors (Lipinski definition) is 5. The molecule has 1 fully saturated rings. The van der Waals surface area contributed by atoms with Gasteiger partial charge in [0.1, 0.15) is 0 Å². The van der Waals surface area contributed by atoms with Gasteiger partial charge in [0.25, 0.3) is 11.5 Å². The van der Waals surface area contributed by atoms with E-state index in [0.717, 1.165) is 16.6 Å². The summed E-state index contributed by atoms with van der Waals surface area (Å²) in [6.07, 6.45) is -1.01. The highest BCUT2D eigenvalue weighted by atomic mass is 35.5. The molecule has 264 valence electrons. The molecule has 51 heavy (non-hydrogen) atoms. The van der Waals surface area contributed by atoms with Crippen LogP contribution in [0.2, 0.25) is 23.7 Å². The minimum atomic E-state index is -3.53. The van der Waals surface area contributed by atoms with Crippen LogP contribution in [0.1, 0.15) is 30.0 Å². The molecule has 1 aromatic heterocycles. The number of amides is 2. The zero-order valence-electron chi connectivity index (χ0n) is 28.7. The van der Waals surface area contributed by atoms with Crippen LogP contribution < -0.4 is 10.5 Å². The average Bonchev–Trinajstić information content (AvgIpc) is 3.68. The first-order valence-electron chi connectivity index (χ1n) is 17.1. The van der Waals surface area contributed by atoms with Gasteiger partial charge in [-0.2, -0.15) is 0 Å². The Balaban J connectivity index is 1.19. The molecule has 12 heteroatoms. The van der Waals surface area contributed by atoms with Crippen molar-refractivity contribution in [2.45, 2.75) is 56.8 Å². The van der Waals surface area contributed by atoms with Crippen LogP contribution in [0.25, 0.3) is 16.6 Å². The van der Waals surface area contributed by atoms with Gasteiger partial charge in [-0.15, -0.1) is 0 Å². The van der Waals surface area contributed by atoms with Crippen molar-refractivity contribution < 1.29 is 23.5 Å². The minimum absolute atomic E-state index is 0.112. The molecule has 0 unspecified atom stereocenters.